The van der Waals surface area contributed by atoms with E-state index in [1.165, 1.54) is 11.3 Å². The molecule has 2 aromatic rings. The SMILES string of the molecule is O=C(NCCCN1CCOCC1)c1scnc1-c1ccccc1. The molecule has 23 heavy (non-hydrogen) atoms. The second-order valence-electron chi connectivity index (χ2n) is 5.46. The first-order valence-corrected chi connectivity index (χ1v) is 8.80. The summed E-state index contributed by atoms with van der Waals surface area (Å²) in [7, 11) is 0. The lowest BCUT2D eigenvalue weighted by Crippen LogP contribution is -2.38. The number of nitrogens with zero attached hydrogens (tertiary/aromatic N) is 2. The normalized spacial score (nSPS) is 15.5. The summed E-state index contributed by atoms with van der Waals surface area (Å²) in [6.07, 6.45) is 0.950. The number of carbonyl (C=O) groups excluding carboxylic acids is 1. The van der Waals surface area contributed by atoms with Crippen LogP contribution in [0.25, 0.3) is 11.3 Å². The summed E-state index contributed by atoms with van der Waals surface area (Å²) in [4.78, 5) is 19.8. The fourth-order valence-corrected chi connectivity index (χ4v) is 3.34. The van der Waals surface area contributed by atoms with Gasteiger partial charge in [0.2, 0.25) is 0 Å². The van der Waals surface area contributed by atoms with E-state index in [1.54, 1.807) is 5.51 Å². The summed E-state index contributed by atoms with van der Waals surface area (Å²) >= 11 is 1.39. The Labute approximate surface area is 140 Å². The first-order chi connectivity index (χ1) is 11.3. The third kappa shape index (κ3) is 4.37. The number of amides is 1. The molecule has 1 aliphatic rings. The van der Waals surface area contributed by atoms with E-state index < -0.39 is 0 Å². The molecule has 0 spiro atoms. The number of hydrogen-bond donors (Lipinski definition) is 1. The number of carbonyl (C=O) groups is 1. The molecule has 3 rings (SSSR count). The van der Waals surface area contributed by atoms with Gasteiger partial charge in [-0.1, -0.05) is 30.3 Å². The number of nitrogens with one attached hydrogen (secondary N) is 1. The molecular formula is C17H21N3O2S. The van der Waals surface area contributed by atoms with Crippen molar-refractivity contribution in [3.63, 3.8) is 0 Å². The van der Waals surface area contributed by atoms with E-state index in [1.807, 2.05) is 30.3 Å². The molecule has 1 fully saturated rings. The van der Waals surface area contributed by atoms with Crippen molar-refractivity contribution >= 4 is 17.2 Å². The molecule has 0 atom stereocenters. The lowest BCUT2D eigenvalue weighted by molar-refractivity contribution is 0.0374. The minimum atomic E-state index is -0.0340. The Morgan fingerprint density at radius 2 is 2.04 bits per heavy atom. The molecule has 1 aliphatic heterocycles. The Morgan fingerprint density at radius 1 is 1.26 bits per heavy atom. The van der Waals surface area contributed by atoms with Gasteiger partial charge in [0, 0.05) is 25.2 Å². The van der Waals surface area contributed by atoms with Crippen LogP contribution in [0, 0.1) is 0 Å². The van der Waals surface area contributed by atoms with E-state index in [-0.39, 0.29) is 5.91 Å². The standard InChI is InChI=1S/C17H21N3O2S/c21-17(18-7-4-8-20-9-11-22-12-10-20)16-15(19-13-23-16)14-5-2-1-3-6-14/h1-3,5-6,13H,4,7-12H2,(H,18,21). The predicted molar refractivity (Wildman–Crippen MR) is 91.8 cm³/mol. The third-order valence-corrected chi connectivity index (χ3v) is 4.69. The van der Waals surface area contributed by atoms with Crippen LogP contribution in [-0.2, 0) is 4.74 Å². The van der Waals surface area contributed by atoms with Crippen molar-refractivity contribution < 1.29 is 9.53 Å². The van der Waals surface area contributed by atoms with Crippen LogP contribution >= 0.6 is 11.3 Å². The molecule has 1 saturated heterocycles. The molecule has 0 aliphatic carbocycles. The van der Waals surface area contributed by atoms with Gasteiger partial charge in [-0.2, -0.15) is 0 Å². The van der Waals surface area contributed by atoms with E-state index >= 15 is 0 Å². The number of benzene rings is 1. The van der Waals surface area contributed by atoms with Crippen LogP contribution in [0.4, 0.5) is 0 Å². The van der Waals surface area contributed by atoms with Crippen LogP contribution in [-0.4, -0.2) is 55.2 Å². The first kappa shape index (κ1) is 16.1. The average Bonchev–Trinajstić information content (AvgIpc) is 3.10. The minimum Gasteiger partial charge on any atom is -0.379 e. The highest BCUT2D eigenvalue weighted by Gasteiger charge is 2.16. The van der Waals surface area contributed by atoms with Crippen LogP contribution in [0.2, 0.25) is 0 Å². The smallest absolute Gasteiger partial charge is 0.263 e. The maximum Gasteiger partial charge on any atom is 0.263 e. The highest BCUT2D eigenvalue weighted by molar-refractivity contribution is 7.12. The van der Waals surface area contributed by atoms with Crippen molar-refractivity contribution in [2.24, 2.45) is 0 Å². The zero-order valence-corrected chi connectivity index (χ0v) is 13.8. The summed E-state index contributed by atoms with van der Waals surface area (Å²) in [6.45, 7) is 5.28. The van der Waals surface area contributed by atoms with Gasteiger partial charge < -0.3 is 10.1 Å². The predicted octanol–water partition coefficient (Wildman–Crippen LogP) is 2.26. The molecule has 1 N–H and O–H groups in total. The van der Waals surface area contributed by atoms with Crippen molar-refractivity contribution in [3.8, 4) is 11.3 Å². The first-order valence-electron chi connectivity index (χ1n) is 7.92. The molecule has 122 valence electrons. The topological polar surface area (TPSA) is 54.5 Å². The highest BCUT2D eigenvalue weighted by Crippen LogP contribution is 2.24. The average molecular weight is 331 g/mol. The van der Waals surface area contributed by atoms with Crippen LogP contribution in [0.1, 0.15) is 16.1 Å². The van der Waals surface area contributed by atoms with Crippen molar-refractivity contribution in [1.82, 2.24) is 15.2 Å². The highest BCUT2D eigenvalue weighted by atomic mass is 32.1. The van der Waals surface area contributed by atoms with E-state index in [0.29, 0.717) is 11.4 Å². The molecule has 1 aromatic carbocycles. The maximum atomic E-state index is 12.4. The van der Waals surface area contributed by atoms with Gasteiger partial charge in [0.1, 0.15) is 4.88 Å². The van der Waals surface area contributed by atoms with Crippen LogP contribution < -0.4 is 5.32 Å². The molecular weight excluding hydrogens is 310 g/mol. The quantitative estimate of drug-likeness (QED) is 0.825. The van der Waals surface area contributed by atoms with Gasteiger partial charge in [0.15, 0.2) is 0 Å². The number of rotatable bonds is 6. The van der Waals surface area contributed by atoms with Crippen molar-refractivity contribution in [2.75, 3.05) is 39.4 Å². The fourth-order valence-electron chi connectivity index (χ4n) is 2.62. The second-order valence-corrected chi connectivity index (χ2v) is 6.31. The summed E-state index contributed by atoms with van der Waals surface area (Å²) in [5.74, 6) is -0.0340. The summed E-state index contributed by atoms with van der Waals surface area (Å²) in [5, 5.41) is 3.01. The minimum absolute atomic E-state index is 0.0340. The van der Waals surface area contributed by atoms with Crippen LogP contribution in [0.3, 0.4) is 0 Å². The lowest BCUT2D eigenvalue weighted by atomic mass is 10.1. The van der Waals surface area contributed by atoms with Crippen LogP contribution in [0.5, 0.6) is 0 Å². The van der Waals surface area contributed by atoms with Gasteiger partial charge in [0.05, 0.1) is 24.4 Å². The Hall–Kier alpha value is -1.76. The molecule has 1 aromatic heterocycles. The number of morpholine rings is 1. The second kappa shape index (κ2) is 8.19. The monoisotopic (exact) mass is 331 g/mol. The number of aromatic nitrogens is 1. The molecule has 0 radical (unpaired) electrons. The zero-order valence-electron chi connectivity index (χ0n) is 13.0. The fraction of sp³-hybridized carbons (Fsp3) is 0.412. The number of thiazole rings is 1. The van der Waals surface area contributed by atoms with Gasteiger partial charge in [-0.05, 0) is 13.0 Å². The van der Waals surface area contributed by atoms with Crippen LogP contribution in [0.15, 0.2) is 35.8 Å². The molecule has 1 amide bonds. The van der Waals surface area contributed by atoms with Crippen molar-refractivity contribution in [1.29, 1.82) is 0 Å². The molecule has 5 nitrogen and oxygen atoms in total. The maximum absolute atomic E-state index is 12.4. The molecule has 0 unspecified atom stereocenters. The van der Waals surface area contributed by atoms with E-state index in [2.05, 4.69) is 15.2 Å². The van der Waals surface area contributed by atoms with E-state index in [9.17, 15) is 4.79 Å². The summed E-state index contributed by atoms with van der Waals surface area (Å²) in [6, 6.07) is 9.83. The molecule has 0 saturated carbocycles. The molecule has 2 heterocycles. The van der Waals surface area contributed by atoms with Gasteiger partial charge in [-0.25, -0.2) is 4.98 Å². The molecule has 6 heteroatoms. The van der Waals surface area contributed by atoms with E-state index in [4.69, 9.17) is 4.74 Å². The van der Waals surface area contributed by atoms with Crippen molar-refractivity contribution in [2.45, 2.75) is 6.42 Å². The Bertz CT molecular complexity index is 624. The Balaban J connectivity index is 1.50. The van der Waals surface area contributed by atoms with E-state index in [0.717, 1.165) is 50.5 Å². The number of ether oxygens (including phenoxy) is 1. The van der Waals surface area contributed by atoms with Crippen molar-refractivity contribution in [3.05, 3.63) is 40.7 Å². The van der Waals surface area contributed by atoms with Gasteiger partial charge in [0.25, 0.3) is 5.91 Å². The lowest BCUT2D eigenvalue weighted by Gasteiger charge is -2.26. The zero-order chi connectivity index (χ0) is 15.9. The summed E-state index contributed by atoms with van der Waals surface area (Å²) < 4.78 is 5.33. The van der Waals surface area contributed by atoms with Gasteiger partial charge >= 0.3 is 0 Å². The Morgan fingerprint density at radius 3 is 2.83 bits per heavy atom. The van der Waals surface area contributed by atoms with Gasteiger partial charge in [-0.3, -0.25) is 9.69 Å². The largest absolute Gasteiger partial charge is 0.379 e. The Kier molecular flexibility index (Phi) is 5.74. The summed E-state index contributed by atoms with van der Waals surface area (Å²) in [5.41, 5.74) is 3.47. The number of hydrogen-bond acceptors (Lipinski definition) is 5. The van der Waals surface area contributed by atoms with Gasteiger partial charge in [-0.15, -0.1) is 11.3 Å². The molecule has 0 bridgehead atoms. The third-order valence-electron chi connectivity index (χ3n) is 3.86.